The molecule has 0 aliphatic heterocycles. The highest BCUT2D eigenvalue weighted by molar-refractivity contribution is 5.52. The molecule has 21 heavy (non-hydrogen) atoms. The Labute approximate surface area is 124 Å². The van der Waals surface area contributed by atoms with Crippen LogP contribution in [0, 0.1) is 11.3 Å². The van der Waals surface area contributed by atoms with Crippen molar-refractivity contribution in [2.75, 3.05) is 5.73 Å². The average Bonchev–Trinajstić information content (AvgIpc) is 2.76. The molecule has 0 unspecified atom stereocenters. The first-order chi connectivity index (χ1) is 9.93. The standard InChI is InChI=1S/C16H20N4O/c1-16(2,3)20-15(18)13(9-17)14(19-20)11-21-10-12-7-5-4-6-8-12/h4-8H,10-11,18H2,1-3H3. The Kier molecular flexibility index (Phi) is 4.29. The third-order valence-electron chi connectivity index (χ3n) is 3.09. The lowest BCUT2D eigenvalue weighted by Crippen LogP contribution is -2.25. The Morgan fingerprint density at radius 3 is 2.48 bits per heavy atom. The number of hydrogen-bond donors (Lipinski definition) is 1. The molecule has 0 saturated carbocycles. The third kappa shape index (κ3) is 3.41. The molecule has 1 aromatic heterocycles. The van der Waals surface area contributed by atoms with Crippen molar-refractivity contribution in [1.29, 1.82) is 5.26 Å². The molecule has 5 heteroatoms. The second-order valence-corrected chi connectivity index (χ2v) is 5.88. The molecule has 0 radical (unpaired) electrons. The molecule has 110 valence electrons. The van der Waals surface area contributed by atoms with Crippen LogP contribution in [0.15, 0.2) is 30.3 Å². The van der Waals surface area contributed by atoms with Gasteiger partial charge in [0.15, 0.2) is 0 Å². The van der Waals surface area contributed by atoms with Crippen LogP contribution in [0.5, 0.6) is 0 Å². The zero-order valence-corrected chi connectivity index (χ0v) is 12.6. The van der Waals surface area contributed by atoms with E-state index in [0.29, 0.717) is 23.7 Å². The molecule has 5 nitrogen and oxygen atoms in total. The Bertz CT molecular complexity index is 647. The number of ether oxygens (including phenoxy) is 1. The minimum atomic E-state index is -0.270. The SMILES string of the molecule is CC(C)(C)n1nc(COCc2ccccc2)c(C#N)c1N. The molecule has 2 aromatic rings. The fraction of sp³-hybridized carbons (Fsp3) is 0.375. The second-order valence-electron chi connectivity index (χ2n) is 5.88. The molecule has 0 spiro atoms. The summed E-state index contributed by atoms with van der Waals surface area (Å²) in [7, 11) is 0. The molecule has 0 amide bonds. The van der Waals surface area contributed by atoms with E-state index in [1.807, 2.05) is 51.1 Å². The molecule has 0 bridgehead atoms. The Morgan fingerprint density at radius 1 is 1.24 bits per heavy atom. The van der Waals surface area contributed by atoms with Crippen LogP contribution in [-0.2, 0) is 23.5 Å². The molecule has 0 aliphatic carbocycles. The van der Waals surface area contributed by atoms with Crippen molar-refractivity contribution < 1.29 is 4.74 Å². The molecular weight excluding hydrogens is 264 g/mol. The van der Waals surface area contributed by atoms with Crippen LogP contribution < -0.4 is 5.73 Å². The first kappa shape index (κ1) is 15.1. The number of rotatable bonds is 4. The van der Waals surface area contributed by atoms with Gasteiger partial charge in [-0.25, -0.2) is 4.68 Å². The molecular formula is C16H20N4O. The fourth-order valence-corrected chi connectivity index (χ4v) is 2.05. The highest BCUT2D eigenvalue weighted by Crippen LogP contribution is 2.24. The first-order valence-electron chi connectivity index (χ1n) is 6.83. The van der Waals surface area contributed by atoms with Crippen molar-refractivity contribution in [2.24, 2.45) is 0 Å². The predicted molar refractivity (Wildman–Crippen MR) is 81.3 cm³/mol. The van der Waals surface area contributed by atoms with Crippen molar-refractivity contribution in [1.82, 2.24) is 9.78 Å². The van der Waals surface area contributed by atoms with Gasteiger partial charge in [-0.05, 0) is 26.3 Å². The maximum Gasteiger partial charge on any atom is 0.140 e. The van der Waals surface area contributed by atoms with Crippen molar-refractivity contribution in [3.8, 4) is 6.07 Å². The molecule has 1 aromatic carbocycles. The van der Waals surface area contributed by atoms with Crippen LogP contribution in [0.3, 0.4) is 0 Å². The van der Waals surface area contributed by atoms with Gasteiger partial charge in [-0.15, -0.1) is 0 Å². The maximum absolute atomic E-state index is 9.26. The van der Waals surface area contributed by atoms with Gasteiger partial charge in [-0.1, -0.05) is 30.3 Å². The van der Waals surface area contributed by atoms with Gasteiger partial charge in [0.05, 0.1) is 18.8 Å². The topological polar surface area (TPSA) is 76.9 Å². The van der Waals surface area contributed by atoms with E-state index in [1.165, 1.54) is 0 Å². The van der Waals surface area contributed by atoms with E-state index in [-0.39, 0.29) is 12.1 Å². The van der Waals surface area contributed by atoms with Crippen LogP contribution in [0.4, 0.5) is 5.82 Å². The van der Waals surface area contributed by atoms with E-state index < -0.39 is 0 Å². The fourth-order valence-electron chi connectivity index (χ4n) is 2.05. The van der Waals surface area contributed by atoms with Crippen molar-refractivity contribution in [2.45, 2.75) is 39.5 Å². The Morgan fingerprint density at radius 2 is 1.90 bits per heavy atom. The molecule has 2 N–H and O–H groups in total. The summed E-state index contributed by atoms with van der Waals surface area (Å²) >= 11 is 0. The van der Waals surface area contributed by atoms with E-state index in [0.717, 1.165) is 5.56 Å². The highest BCUT2D eigenvalue weighted by atomic mass is 16.5. The van der Waals surface area contributed by atoms with E-state index in [2.05, 4.69) is 11.2 Å². The lowest BCUT2D eigenvalue weighted by atomic mass is 10.1. The highest BCUT2D eigenvalue weighted by Gasteiger charge is 2.23. The van der Waals surface area contributed by atoms with Gasteiger partial charge in [0.25, 0.3) is 0 Å². The number of anilines is 1. The Hall–Kier alpha value is -2.32. The van der Waals surface area contributed by atoms with Crippen molar-refractivity contribution in [3.05, 3.63) is 47.2 Å². The lowest BCUT2D eigenvalue weighted by Gasteiger charge is -2.20. The van der Waals surface area contributed by atoms with E-state index >= 15 is 0 Å². The maximum atomic E-state index is 9.26. The van der Waals surface area contributed by atoms with Crippen molar-refractivity contribution in [3.63, 3.8) is 0 Å². The summed E-state index contributed by atoms with van der Waals surface area (Å²) in [5.41, 5.74) is 7.80. The Balaban J connectivity index is 2.12. The predicted octanol–water partition coefficient (Wildman–Crippen LogP) is 2.81. The van der Waals surface area contributed by atoms with Crippen LogP contribution in [0.2, 0.25) is 0 Å². The summed E-state index contributed by atoms with van der Waals surface area (Å²) in [6, 6.07) is 12.0. The smallest absolute Gasteiger partial charge is 0.140 e. The van der Waals surface area contributed by atoms with Gasteiger partial charge in [-0.3, -0.25) is 0 Å². The van der Waals surface area contributed by atoms with Gasteiger partial charge in [-0.2, -0.15) is 10.4 Å². The molecule has 0 atom stereocenters. The lowest BCUT2D eigenvalue weighted by molar-refractivity contribution is 0.103. The van der Waals surface area contributed by atoms with Gasteiger partial charge < -0.3 is 10.5 Å². The minimum Gasteiger partial charge on any atom is -0.383 e. The van der Waals surface area contributed by atoms with Crippen molar-refractivity contribution >= 4 is 5.82 Å². The van der Waals surface area contributed by atoms with Gasteiger partial charge in [0.2, 0.25) is 0 Å². The van der Waals surface area contributed by atoms with E-state index in [9.17, 15) is 5.26 Å². The number of nitriles is 1. The monoisotopic (exact) mass is 284 g/mol. The normalized spacial score (nSPS) is 11.3. The van der Waals surface area contributed by atoms with Gasteiger partial charge >= 0.3 is 0 Å². The zero-order chi connectivity index (χ0) is 15.5. The summed E-state index contributed by atoms with van der Waals surface area (Å²) < 4.78 is 7.32. The zero-order valence-electron chi connectivity index (χ0n) is 12.6. The second kappa shape index (κ2) is 5.98. The number of nitrogens with two attached hydrogens (primary N) is 1. The van der Waals surface area contributed by atoms with Gasteiger partial charge in [0, 0.05) is 0 Å². The average molecular weight is 284 g/mol. The third-order valence-corrected chi connectivity index (χ3v) is 3.09. The molecule has 0 aliphatic rings. The summed E-state index contributed by atoms with van der Waals surface area (Å²) in [6.45, 7) is 6.73. The number of hydrogen-bond acceptors (Lipinski definition) is 4. The first-order valence-corrected chi connectivity index (χ1v) is 6.83. The van der Waals surface area contributed by atoms with Crippen LogP contribution in [-0.4, -0.2) is 9.78 Å². The van der Waals surface area contributed by atoms with E-state index in [1.54, 1.807) is 4.68 Å². The quantitative estimate of drug-likeness (QED) is 0.936. The van der Waals surface area contributed by atoms with Gasteiger partial charge in [0.1, 0.15) is 23.1 Å². The largest absolute Gasteiger partial charge is 0.383 e. The summed E-state index contributed by atoms with van der Waals surface area (Å²) in [5, 5.41) is 13.7. The number of aromatic nitrogens is 2. The summed E-state index contributed by atoms with van der Waals surface area (Å²) in [6.07, 6.45) is 0. The van der Waals surface area contributed by atoms with Crippen LogP contribution in [0.1, 0.15) is 37.6 Å². The number of nitrogen functional groups attached to an aromatic ring is 1. The summed E-state index contributed by atoms with van der Waals surface area (Å²) in [5.74, 6) is 0.392. The molecule has 0 fully saturated rings. The molecule has 1 heterocycles. The summed E-state index contributed by atoms with van der Waals surface area (Å²) in [4.78, 5) is 0. The number of nitrogens with zero attached hydrogens (tertiary/aromatic N) is 3. The minimum absolute atomic E-state index is 0.269. The van der Waals surface area contributed by atoms with Crippen LogP contribution >= 0.6 is 0 Å². The van der Waals surface area contributed by atoms with E-state index in [4.69, 9.17) is 10.5 Å². The molecule has 2 rings (SSSR count). The molecule has 0 saturated heterocycles. The number of benzene rings is 1. The van der Waals surface area contributed by atoms with Crippen LogP contribution in [0.25, 0.3) is 0 Å².